The second-order valence-electron chi connectivity index (χ2n) is 11.3. The summed E-state index contributed by atoms with van der Waals surface area (Å²) in [6.45, 7) is 3.10. The molecule has 1 atom stereocenters. The number of nitrogens with one attached hydrogen (secondary N) is 1. The number of amides is 2. The van der Waals surface area contributed by atoms with E-state index in [-0.39, 0.29) is 23.3 Å². The minimum atomic E-state index is 0.00975. The summed E-state index contributed by atoms with van der Waals surface area (Å²) < 4.78 is 5.38. The highest BCUT2D eigenvalue weighted by Crippen LogP contribution is 2.55. The Labute approximate surface area is 210 Å². The number of carbonyl (C=O) groups is 2. The Hall–Kier alpha value is -2.35. The van der Waals surface area contributed by atoms with Gasteiger partial charge in [-0.15, -0.1) is 11.8 Å². The molecule has 1 unspecified atom stereocenters. The molecular formula is C27H34N4O3S. The van der Waals surface area contributed by atoms with Crippen molar-refractivity contribution in [2.75, 3.05) is 18.8 Å². The molecule has 0 radical (unpaired) electrons. The number of aromatic nitrogens is 2. The van der Waals surface area contributed by atoms with Gasteiger partial charge in [0, 0.05) is 23.5 Å². The van der Waals surface area contributed by atoms with Crippen molar-refractivity contribution in [3.05, 3.63) is 41.5 Å². The minimum absolute atomic E-state index is 0.00975. The third kappa shape index (κ3) is 4.74. The first-order valence-corrected chi connectivity index (χ1v) is 14.1. The quantitative estimate of drug-likeness (QED) is 0.592. The molecule has 7 rings (SSSR count). The normalized spacial score (nSPS) is 31.5. The largest absolute Gasteiger partial charge is 0.350 e. The third-order valence-electron chi connectivity index (χ3n) is 8.52. The van der Waals surface area contributed by atoms with Gasteiger partial charge in [-0.2, -0.15) is 4.98 Å². The van der Waals surface area contributed by atoms with Crippen molar-refractivity contribution in [1.82, 2.24) is 20.4 Å². The van der Waals surface area contributed by atoms with Gasteiger partial charge in [0.05, 0.1) is 17.2 Å². The van der Waals surface area contributed by atoms with Crippen LogP contribution in [-0.4, -0.2) is 51.2 Å². The average molecular weight is 495 g/mol. The molecular weight excluding hydrogens is 460 g/mol. The predicted molar refractivity (Wildman–Crippen MR) is 133 cm³/mol. The highest BCUT2D eigenvalue weighted by atomic mass is 32.2. The van der Waals surface area contributed by atoms with Crippen LogP contribution in [0.25, 0.3) is 0 Å². The van der Waals surface area contributed by atoms with Crippen molar-refractivity contribution >= 4 is 23.6 Å². The summed E-state index contributed by atoms with van der Waals surface area (Å²) in [6, 6.07) is 7.67. The fourth-order valence-corrected chi connectivity index (χ4v) is 8.36. The van der Waals surface area contributed by atoms with E-state index in [4.69, 9.17) is 4.52 Å². The number of nitrogens with zero attached hydrogens (tertiary/aromatic N) is 3. The molecule has 1 saturated heterocycles. The maximum Gasteiger partial charge on any atom is 0.255 e. The van der Waals surface area contributed by atoms with Gasteiger partial charge in [0.25, 0.3) is 5.91 Å². The smallest absolute Gasteiger partial charge is 0.255 e. The molecule has 1 aromatic heterocycles. The number of carbonyl (C=O) groups excluding carboxylic acids is 2. The van der Waals surface area contributed by atoms with Crippen molar-refractivity contribution in [3.63, 3.8) is 0 Å². The topological polar surface area (TPSA) is 88.3 Å². The summed E-state index contributed by atoms with van der Waals surface area (Å²) in [5.41, 5.74) is 0.694. The Kier molecular flexibility index (Phi) is 6.11. The lowest BCUT2D eigenvalue weighted by Gasteiger charge is -2.56. The molecule has 5 aliphatic rings. The number of hydrogen-bond donors (Lipinski definition) is 1. The fourth-order valence-electron chi connectivity index (χ4n) is 7.52. The zero-order valence-corrected chi connectivity index (χ0v) is 21.2. The van der Waals surface area contributed by atoms with Crippen LogP contribution in [-0.2, 0) is 4.79 Å². The molecule has 2 amide bonds. The molecule has 4 bridgehead atoms. The molecule has 1 aromatic carbocycles. The van der Waals surface area contributed by atoms with Gasteiger partial charge in [-0.3, -0.25) is 9.59 Å². The molecule has 7 nitrogen and oxygen atoms in total. The molecule has 4 aliphatic carbocycles. The van der Waals surface area contributed by atoms with Crippen LogP contribution in [0.3, 0.4) is 0 Å². The Balaban J connectivity index is 1.09. The Morgan fingerprint density at radius 3 is 2.54 bits per heavy atom. The number of thioether (sulfide) groups is 1. The lowest BCUT2D eigenvalue weighted by atomic mass is 9.53. The number of rotatable bonds is 6. The molecule has 186 valence electrons. The van der Waals surface area contributed by atoms with E-state index in [2.05, 4.69) is 15.5 Å². The van der Waals surface area contributed by atoms with Crippen LogP contribution >= 0.6 is 11.8 Å². The summed E-state index contributed by atoms with van der Waals surface area (Å²) in [5.74, 6) is 4.17. The first-order chi connectivity index (χ1) is 17.0. The zero-order chi connectivity index (χ0) is 24.0. The maximum absolute atomic E-state index is 13.5. The first-order valence-electron chi connectivity index (χ1n) is 13.1. The van der Waals surface area contributed by atoms with Crippen LogP contribution in [0.15, 0.2) is 33.7 Å². The van der Waals surface area contributed by atoms with Gasteiger partial charge in [-0.05, 0) is 88.2 Å². The van der Waals surface area contributed by atoms with Crippen molar-refractivity contribution in [1.29, 1.82) is 0 Å². The van der Waals surface area contributed by atoms with E-state index in [1.54, 1.807) is 0 Å². The van der Waals surface area contributed by atoms with Crippen LogP contribution in [0.5, 0.6) is 0 Å². The molecule has 0 spiro atoms. The standard InChI is InChI=1S/C27H34N4O3S/c1-17-28-25(34-30-17)21-5-4-8-31(15-21)26(33)22-6-2-3-7-23(22)35-16-24(32)29-27-12-18-9-19(13-27)11-20(10-18)14-27/h2-3,6-7,18-21H,4-5,8-16H2,1H3,(H,29,32). The molecule has 2 heterocycles. The second kappa shape index (κ2) is 9.26. The van der Waals surface area contributed by atoms with E-state index in [0.29, 0.717) is 36.1 Å². The maximum atomic E-state index is 13.5. The molecule has 2 aromatic rings. The van der Waals surface area contributed by atoms with Gasteiger partial charge in [-0.25, -0.2) is 0 Å². The second-order valence-corrected chi connectivity index (χ2v) is 12.3. The summed E-state index contributed by atoms with van der Waals surface area (Å²) >= 11 is 1.48. The fraction of sp³-hybridized carbons (Fsp3) is 0.630. The predicted octanol–water partition coefficient (Wildman–Crippen LogP) is 4.57. The van der Waals surface area contributed by atoms with E-state index in [0.717, 1.165) is 54.8 Å². The van der Waals surface area contributed by atoms with Crippen LogP contribution in [0.1, 0.15) is 79.4 Å². The lowest BCUT2D eigenvalue weighted by molar-refractivity contribution is -0.124. The van der Waals surface area contributed by atoms with Gasteiger partial charge in [0.1, 0.15) is 0 Å². The average Bonchev–Trinajstić information content (AvgIpc) is 3.28. The molecule has 4 saturated carbocycles. The highest BCUT2D eigenvalue weighted by Gasteiger charge is 2.51. The summed E-state index contributed by atoms with van der Waals surface area (Å²) in [6.07, 6.45) is 9.39. The third-order valence-corrected chi connectivity index (χ3v) is 9.59. The molecule has 1 N–H and O–H groups in total. The number of aryl methyl sites for hydroxylation is 1. The number of likely N-dealkylation sites (tertiary alicyclic amines) is 1. The molecule has 35 heavy (non-hydrogen) atoms. The molecule has 8 heteroatoms. The van der Waals surface area contributed by atoms with E-state index in [9.17, 15) is 9.59 Å². The van der Waals surface area contributed by atoms with Gasteiger partial charge in [0.15, 0.2) is 5.82 Å². The summed E-state index contributed by atoms with van der Waals surface area (Å²) in [7, 11) is 0. The van der Waals surface area contributed by atoms with Crippen molar-refractivity contribution in [3.8, 4) is 0 Å². The van der Waals surface area contributed by atoms with Crippen molar-refractivity contribution in [2.24, 2.45) is 17.8 Å². The van der Waals surface area contributed by atoms with Gasteiger partial charge in [-0.1, -0.05) is 17.3 Å². The van der Waals surface area contributed by atoms with E-state index < -0.39 is 0 Å². The Bertz CT molecular complexity index is 1080. The number of piperidine rings is 1. The van der Waals surface area contributed by atoms with Crippen molar-refractivity contribution in [2.45, 2.75) is 74.6 Å². The van der Waals surface area contributed by atoms with Gasteiger partial charge >= 0.3 is 0 Å². The van der Waals surface area contributed by atoms with Crippen LogP contribution < -0.4 is 5.32 Å². The lowest BCUT2D eigenvalue weighted by Crippen LogP contribution is -2.60. The van der Waals surface area contributed by atoms with Gasteiger partial charge in [0.2, 0.25) is 11.8 Å². The monoisotopic (exact) mass is 494 g/mol. The molecule has 5 fully saturated rings. The number of benzene rings is 1. The molecule has 1 aliphatic heterocycles. The summed E-state index contributed by atoms with van der Waals surface area (Å²) in [5, 5.41) is 7.37. The van der Waals surface area contributed by atoms with Crippen LogP contribution in [0.2, 0.25) is 0 Å². The highest BCUT2D eigenvalue weighted by molar-refractivity contribution is 8.00. The van der Waals surface area contributed by atoms with E-state index in [1.165, 1.54) is 31.0 Å². The Morgan fingerprint density at radius 2 is 1.86 bits per heavy atom. The summed E-state index contributed by atoms with van der Waals surface area (Å²) in [4.78, 5) is 33.7. The number of hydrogen-bond acceptors (Lipinski definition) is 6. The minimum Gasteiger partial charge on any atom is -0.350 e. The zero-order valence-electron chi connectivity index (χ0n) is 20.4. The van der Waals surface area contributed by atoms with Crippen molar-refractivity contribution < 1.29 is 14.1 Å². The van der Waals surface area contributed by atoms with Crippen LogP contribution in [0.4, 0.5) is 0 Å². The van der Waals surface area contributed by atoms with Crippen LogP contribution in [0, 0.1) is 24.7 Å². The van der Waals surface area contributed by atoms with E-state index in [1.807, 2.05) is 36.1 Å². The Morgan fingerprint density at radius 1 is 1.14 bits per heavy atom. The first kappa shape index (κ1) is 23.1. The SMILES string of the molecule is Cc1noc(C2CCCN(C(=O)c3ccccc3SCC(=O)NC34CC5CC(CC(C5)C3)C4)C2)n1. The van der Waals surface area contributed by atoms with E-state index >= 15 is 0 Å². The van der Waals surface area contributed by atoms with Gasteiger partial charge < -0.3 is 14.7 Å².